The number of likely N-dealkylation sites (N-methyl/N-ethyl adjacent to an activating group) is 1. The minimum Gasteiger partial charge on any atom is -0.384 e. The zero-order valence-corrected chi connectivity index (χ0v) is 13.1. The maximum atomic E-state index is 10.7. The van der Waals surface area contributed by atoms with E-state index in [1.807, 2.05) is 62.6 Å². The first kappa shape index (κ1) is 15.8. The van der Waals surface area contributed by atoms with Crippen LogP contribution in [0.3, 0.4) is 0 Å². The summed E-state index contributed by atoms with van der Waals surface area (Å²) in [5.41, 5.74) is 2.72. The van der Waals surface area contributed by atoms with Crippen LogP contribution in [0.1, 0.15) is 17.2 Å². The summed E-state index contributed by atoms with van der Waals surface area (Å²) in [5.74, 6) is 0. The first-order valence-electron chi connectivity index (χ1n) is 6.91. The van der Waals surface area contributed by atoms with Crippen LogP contribution in [-0.4, -0.2) is 30.6 Å². The van der Waals surface area contributed by atoms with E-state index >= 15 is 0 Å². The van der Waals surface area contributed by atoms with Gasteiger partial charge in [-0.1, -0.05) is 60.1 Å². The van der Waals surface area contributed by atoms with Crippen molar-refractivity contribution in [2.45, 2.75) is 6.10 Å². The monoisotopic (exact) mass is 301 g/mol. The normalized spacial score (nSPS) is 13.5. The van der Waals surface area contributed by atoms with Gasteiger partial charge in [0.1, 0.15) is 6.10 Å². The Kier molecular flexibility index (Phi) is 5.57. The van der Waals surface area contributed by atoms with Gasteiger partial charge in [-0.3, -0.25) is 0 Å². The zero-order valence-electron chi connectivity index (χ0n) is 12.3. The molecule has 0 spiro atoms. The topological polar surface area (TPSA) is 23.5 Å². The molecule has 0 saturated carbocycles. The first-order chi connectivity index (χ1) is 10.1. The maximum Gasteiger partial charge on any atom is 0.104 e. The molecular weight excluding hydrogens is 282 g/mol. The smallest absolute Gasteiger partial charge is 0.104 e. The Morgan fingerprint density at radius 2 is 1.86 bits per heavy atom. The SMILES string of the molecule is CN(C)C/C=C(\c1ccccc1)C(O)c1cccc(Cl)c1. The van der Waals surface area contributed by atoms with E-state index in [2.05, 4.69) is 11.0 Å². The van der Waals surface area contributed by atoms with Gasteiger partial charge in [0.2, 0.25) is 0 Å². The summed E-state index contributed by atoms with van der Waals surface area (Å²) in [7, 11) is 4.01. The molecule has 2 rings (SSSR count). The number of hydrogen-bond acceptors (Lipinski definition) is 2. The summed E-state index contributed by atoms with van der Waals surface area (Å²) in [6, 6.07) is 17.3. The second-order valence-electron chi connectivity index (χ2n) is 5.25. The fourth-order valence-electron chi connectivity index (χ4n) is 2.16. The van der Waals surface area contributed by atoms with Gasteiger partial charge < -0.3 is 10.0 Å². The van der Waals surface area contributed by atoms with Crippen LogP contribution < -0.4 is 0 Å². The minimum absolute atomic E-state index is 0.631. The van der Waals surface area contributed by atoms with Crippen LogP contribution >= 0.6 is 11.6 Å². The molecule has 0 aromatic heterocycles. The average Bonchev–Trinajstić information content (AvgIpc) is 2.48. The molecule has 0 radical (unpaired) electrons. The van der Waals surface area contributed by atoms with E-state index in [9.17, 15) is 5.11 Å². The van der Waals surface area contributed by atoms with Gasteiger partial charge in [0.25, 0.3) is 0 Å². The van der Waals surface area contributed by atoms with Crippen LogP contribution in [0.25, 0.3) is 5.57 Å². The lowest BCUT2D eigenvalue weighted by Crippen LogP contribution is -2.12. The third kappa shape index (κ3) is 4.43. The van der Waals surface area contributed by atoms with Crippen molar-refractivity contribution in [3.05, 3.63) is 76.8 Å². The Bertz CT molecular complexity index is 608. The van der Waals surface area contributed by atoms with E-state index in [0.29, 0.717) is 5.02 Å². The van der Waals surface area contributed by atoms with Crippen molar-refractivity contribution < 1.29 is 5.11 Å². The second kappa shape index (κ2) is 7.41. The second-order valence-corrected chi connectivity index (χ2v) is 5.68. The lowest BCUT2D eigenvalue weighted by Gasteiger charge is -2.18. The van der Waals surface area contributed by atoms with Gasteiger partial charge >= 0.3 is 0 Å². The van der Waals surface area contributed by atoms with Gasteiger partial charge in [0.15, 0.2) is 0 Å². The van der Waals surface area contributed by atoms with Crippen molar-refractivity contribution in [1.82, 2.24) is 4.90 Å². The lowest BCUT2D eigenvalue weighted by atomic mass is 9.95. The number of aliphatic hydroxyl groups is 1. The molecule has 2 aromatic rings. The quantitative estimate of drug-likeness (QED) is 0.901. The van der Waals surface area contributed by atoms with Crippen molar-refractivity contribution in [2.75, 3.05) is 20.6 Å². The van der Waals surface area contributed by atoms with E-state index < -0.39 is 6.10 Å². The number of rotatable bonds is 5. The van der Waals surface area contributed by atoms with Gasteiger partial charge in [-0.25, -0.2) is 0 Å². The highest BCUT2D eigenvalue weighted by Gasteiger charge is 2.15. The predicted molar refractivity (Wildman–Crippen MR) is 89.4 cm³/mol. The molecule has 0 bridgehead atoms. The summed E-state index contributed by atoms with van der Waals surface area (Å²) in [4.78, 5) is 2.06. The third-order valence-corrected chi connectivity index (χ3v) is 3.48. The highest BCUT2D eigenvalue weighted by molar-refractivity contribution is 6.30. The summed E-state index contributed by atoms with van der Waals surface area (Å²) < 4.78 is 0. The molecule has 0 amide bonds. The van der Waals surface area contributed by atoms with Crippen LogP contribution in [-0.2, 0) is 0 Å². The Morgan fingerprint density at radius 1 is 1.14 bits per heavy atom. The minimum atomic E-state index is -0.689. The number of benzene rings is 2. The fourth-order valence-corrected chi connectivity index (χ4v) is 2.35. The van der Waals surface area contributed by atoms with E-state index in [0.717, 1.165) is 23.2 Å². The Morgan fingerprint density at radius 3 is 2.48 bits per heavy atom. The Balaban J connectivity index is 2.37. The third-order valence-electron chi connectivity index (χ3n) is 3.24. The molecule has 1 atom stereocenters. The van der Waals surface area contributed by atoms with Crippen molar-refractivity contribution in [3.63, 3.8) is 0 Å². The van der Waals surface area contributed by atoms with Crippen LogP contribution in [0.15, 0.2) is 60.7 Å². The molecule has 0 heterocycles. The predicted octanol–water partition coefficient (Wildman–Crippen LogP) is 4.02. The van der Waals surface area contributed by atoms with E-state index in [4.69, 9.17) is 11.6 Å². The largest absolute Gasteiger partial charge is 0.384 e. The van der Waals surface area contributed by atoms with Crippen LogP contribution in [0, 0.1) is 0 Å². The van der Waals surface area contributed by atoms with Crippen LogP contribution in [0.2, 0.25) is 5.02 Å². The molecule has 0 fully saturated rings. The van der Waals surface area contributed by atoms with Crippen molar-refractivity contribution in [3.8, 4) is 0 Å². The van der Waals surface area contributed by atoms with Crippen molar-refractivity contribution in [2.24, 2.45) is 0 Å². The first-order valence-corrected chi connectivity index (χ1v) is 7.29. The van der Waals surface area contributed by atoms with Gasteiger partial charge in [-0.2, -0.15) is 0 Å². The van der Waals surface area contributed by atoms with Gasteiger partial charge in [0, 0.05) is 11.6 Å². The molecule has 0 aliphatic rings. The number of halogens is 1. The van der Waals surface area contributed by atoms with Crippen LogP contribution in [0.4, 0.5) is 0 Å². The zero-order chi connectivity index (χ0) is 15.2. The molecule has 0 aliphatic heterocycles. The van der Waals surface area contributed by atoms with E-state index in [1.165, 1.54) is 0 Å². The van der Waals surface area contributed by atoms with Gasteiger partial charge in [-0.15, -0.1) is 0 Å². The molecule has 21 heavy (non-hydrogen) atoms. The average molecular weight is 302 g/mol. The molecule has 2 nitrogen and oxygen atoms in total. The van der Waals surface area contributed by atoms with Crippen molar-refractivity contribution >= 4 is 17.2 Å². The Hall–Kier alpha value is -1.61. The summed E-state index contributed by atoms with van der Waals surface area (Å²) in [6.45, 7) is 0.766. The molecule has 110 valence electrons. The number of hydrogen-bond donors (Lipinski definition) is 1. The number of aliphatic hydroxyl groups excluding tert-OH is 1. The summed E-state index contributed by atoms with van der Waals surface area (Å²) in [6.07, 6.45) is 1.37. The molecular formula is C18H20ClNO. The van der Waals surface area contributed by atoms with Gasteiger partial charge in [-0.05, 0) is 42.9 Å². The van der Waals surface area contributed by atoms with Gasteiger partial charge in [0.05, 0.1) is 0 Å². The lowest BCUT2D eigenvalue weighted by molar-refractivity contribution is 0.237. The molecule has 2 aromatic carbocycles. The Labute approximate surface area is 131 Å². The number of nitrogens with zero attached hydrogens (tertiary/aromatic N) is 1. The van der Waals surface area contributed by atoms with Crippen molar-refractivity contribution in [1.29, 1.82) is 0 Å². The molecule has 0 saturated heterocycles. The molecule has 3 heteroatoms. The standard InChI is InChI=1S/C18H20ClNO/c1-20(2)12-11-17(14-7-4-3-5-8-14)18(21)15-9-6-10-16(19)13-15/h3-11,13,18,21H,12H2,1-2H3/b17-11+. The molecule has 1 unspecified atom stereocenters. The molecule has 0 aliphatic carbocycles. The van der Waals surface area contributed by atoms with E-state index in [-0.39, 0.29) is 0 Å². The maximum absolute atomic E-state index is 10.7. The van der Waals surface area contributed by atoms with E-state index in [1.54, 1.807) is 6.07 Å². The fraction of sp³-hybridized carbons (Fsp3) is 0.222. The highest BCUT2D eigenvalue weighted by Crippen LogP contribution is 2.31. The summed E-state index contributed by atoms with van der Waals surface area (Å²) >= 11 is 6.03. The van der Waals surface area contributed by atoms with Crippen LogP contribution in [0.5, 0.6) is 0 Å². The highest BCUT2D eigenvalue weighted by atomic mass is 35.5. The summed E-state index contributed by atoms with van der Waals surface area (Å²) in [5, 5.41) is 11.4. The molecule has 1 N–H and O–H groups in total.